The number of amides is 2. The van der Waals surface area contributed by atoms with E-state index in [4.69, 9.17) is 4.74 Å². The Morgan fingerprint density at radius 3 is 2.60 bits per heavy atom. The van der Waals surface area contributed by atoms with Crippen LogP contribution in [0.4, 0.5) is 16.2 Å². The second-order valence-electron chi connectivity index (χ2n) is 10.4. The molecular weight excluding hydrogens is 536 g/mol. The Hall–Kier alpha value is -5.12. The van der Waals surface area contributed by atoms with Crippen LogP contribution in [0.5, 0.6) is 0 Å². The maximum Gasteiger partial charge on any atom is 0.411 e. The lowest BCUT2D eigenvalue weighted by atomic mass is 9.93. The van der Waals surface area contributed by atoms with E-state index in [-0.39, 0.29) is 37.6 Å². The van der Waals surface area contributed by atoms with Crippen molar-refractivity contribution in [2.24, 2.45) is 0 Å². The van der Waals surface area contributed by atoms with Crippen molar-refractivity contribution in [3.63, 3.8) is 0 Å². The number of pyridine rings is 1. The highest BCUT2D eigenvalue weighted by Gasteiger charge is 2.28. The number of H-pyrrole nitrogens is 1. The molecule has 4 bridgehead atoms. The molecule has 2 amide bonds. The molecule has 6 rings (SSSR count). The van der Waals surface area contributed by atoms with Crippen LogP contribution in [0.2, 0.25) is 0 Å². The number of rotatable bonds is 5. The van der Waals surface area contributed by atoms with Gasteiger partial charge in [-0.15, -0.1) is 0 Å². The Labute approximate surface area is 242 Å². The zero-order chi connectivity index (χ0) is 29.8. The number of aryl methyl sites for hydroxylation is 2. The van der Waals surface area contributed by atoms with E-state index in [9.17, 15) is 24.3 Å². The number of hydrogen-bond acceptors (Lipinski definition) is 6. The third kappa shape index (κ3) is 6.43. The summed E-state index contributed by atoms with van der Waals surface area (Å²) in [6.07, 6.45) is 1.26. The number of nitrogens with zero attached hydrogens (tertiary/aromatic N) is 1. The van der Waals surface area contributed by atoms with E-state index < -0.39 is 18.1 Å². The Morgan fingerprint density at radius 2 is 1.83 bits per heavy atom. The molecule has 10 nitrogen and oxygen atoms in total. The average Bonchev–Trinajstić information content (AvgIpc) is 2.95. The van der Waals surface area contributed by atoms with Gasteiger partial charge in [0.15, 0.2) is 0 Å². The molecule has 4 N–H and O–H groups in total. The van der Waals surface area contributed by atoms with E-state index >= 15 is 0 Å². The molecule has 0 saturated carbocycles. The first kappa shape index (κ1) is 28.4. The molecule has 42 heavy (non-hydrogen) atoms. The number of aliphatic carboxylic acids is 1. The van der Waals surface area contributed by atoms with Crippen molar-refractivity contribution in [2.75, 3.05) is 23.8 Å². The first-order chi connectivity index (χ1) is 20.2. The Kier molecular flexibility index (Phi) is 8.24. The maximum atomic E-state index is 14.4. The molecule has 3 aromatic carbocycles. The molecule has 1 unspecified atom stereocenters. The highest BCUT2D eigenvalue weighted by molar-refractivity contribution is 5.89. The van der Waals surface area contributed by atoms with Crippen LogP contribution in [0, 0.1) is 13.8 Å². The third-order valence-corrected chi connectivity index (χ3v) is 7.42. The number of nitrogens with one attached hydrogen (secondary N) is 3. The van der Waals surface area contributed by atoms with Crippen LogP contribution in [0.3, 0.4) is 0 Å². The van der Waals surface area contributed by atoms with Gasteiger partial charge in [-0.05, 0) is 77.4 Å². The van der Waals surface area contributed by atoms with Crippen molar-refractivity contribution in [2.45, 2.75) is 39.3 Å². The molecule has 2 aliphatic rings. The van der Waals surface area contributed by atoms with Crippen LogP contribution >= 0.6 is 0 Å². The van der Waals surface area contributed by atoms with Crippen molar-refractivity contribution in [1.29, 1.82) is 0 Å². The number of aromatic amines is 1. The highest BCUT2D eigenvalue weighted by atomic mass is 16.5. The first-order valence-corrected chi connectivity index (χ1v) is 13.7. The van der Waals surface area contributed by atoms with Gasteiger partial charge in [-0.3, -0.25) is 19.7 Å². The number of aromatic nitrogens is 1. The Balaban J connectivity index is 1.61. The van der Waals surface area contributed by atoms with Gasteiger partial charge in [0, 0.05) is 42.5 Å². The van der Waals surface area contributed by atoms with Gasteiger partial charge in [-0.25, -0.2) is 4.79 Å². The lowest BCUT2D eigenvalue weighted by molar-refractivity contribution is -0.139. The van der Waals surface area contributed by atoms with Crippen molar-refractivity contribution in [1.82, 2.24) is 9.88 Å². The SMILES string of the molecule is Cc1cc2cc(C)c1CCOC(=O)Nc1cccc(c1)CN(CCC(=O)O)C(=O)C2Nc1ccc2cc[nH]c(=O)c2c1. The lowest BCUT2D eigenvalue weighted by Gasteiger charge is -2.29. The fraction of sp³-hybridized carbons (Fsp3) is 0.250. The summed E-state index contributed by atoms with van der Waals surface area (Å²) in [5.74, 6) is -1.35. The second kappa shape index (κ2) is 12.2. The molecule has 1 atom stereocenters. The monoisotopic (exact) mass is 568 g/mol. The van der Waals surface area contributed by atoms with Crippen LogP contribution in [-0.4, -0.2) is 46.1 Å². The summed E-state index contributed by atoms with van der Waals surface area (Å²) in [7, 11) is 0. The van der Waals surface area contributed by atoms with Crippen molar-refractivity contribution in [3.05, 3.63) is 105 Å². The number of carboxylic acids is 1. The summed E-state index contributed by atoms with van der Waals surface area (Å²) in [4.78, 5) is 55.0. The largest absolute Gasteiger partial charge is 0.481 e. The molecule has 0 fully saturated rings. The molecule has 1 aromatic heterocycles. The molecule has 4 aromatic rings. The van der Waals surface area contributed by atoms with E-state index in [0.29, 0.717) is 34.3 Å². The number of carbonyl (C=O) groups is 3. The van der Waals surface area contributed by atoms with Gasteiger partial charge in [-0.2, -0.15) is 0 Å². The number of anilines is 2. The summed E-state index contributed by atoms with van der Waals surface area (Å²) in [6.45, 7) is 4.15. The standard InChI is InChI=1S/C32H32N4O6/c1-19-14-23-15-20(2)26(19)10-13-42-32(41)35-24-5-3-4-21(16-24)18-36(12-9-28(37)38)31(40)29(23)34-25-7-6-22-8-11-33-30(39)27(22)17-25/h3-8,11,14-17,29,34H,9-10,12-13,18H2,1-2H3,(H,33,39)(H,35,41)(H,37,38). The van der Waals surface area contributed by atoms with Gasteiger partial charge >= 0.3 is 12.1 Å². The van der Waals surface area contributed by atoms with Crippen LogP contribution in [0.15, 0.2) is 71.7 Å². The zero-order valence-electron chi connectivity index (χ0n) is 23.4. The topological polar surface area (TPSA) is 141 Å². The number of carbonyl (C=O) groups excluding carboxylic acids is 2. The quantitative estimate of drug-likeness (QED) is 0.268. The van der Waals surface area contributed by atoms with Gasteiger partial charge in [0.25, 0.3) is 5.56 Å². The van der Waals surface area contributed by atoms with Crippen molar-refractivity contribution in [3.8, 4) is 0 Å². The smallest absolute Gasteiger partial charge is 0.411 e. The number of hydrogen-bond donors (Lipinski definition) is 4. The van der Waals surface area contributed by atoms with E-state index in [0.717, 1.165) is 22.1 Å². The summed E-state index contributed by atoms with van der Waals surface area (Å²) < 4.78 is 5.43. The Morgan fingerprint density at radius 1 is 1.05 bits per heavy atom. The molecule has 0 radical (unpaired) electrons. The molecule has 0 spiro atoms. The van der Waals surface area contributed by atoms with Gasteiger partial charge < -0.3 is 25.0 Å². The van der Waals surface area contributed by atoms with Crippen molar-refractivity contribution >= 4 is 40.1 Å². The molecule has 2 aliphatic heterocycles. The number of fused-ring (bicyclic) bond motifs is 10. The van der Waals surface area contributed by atoms with Crippen LogP contribution in [0.25, 0.3) is 10.8 Å². The fourth-order valence-electron chi connectivity index (χ4n) is 5.36. The van der Waals surface area contributed by atoms with E-state index in [1.54, 1.807) is 36.5 Å². The molecular formula is C32H32N4O6. The predicted molar refractivity (Wildman–Crippen MR) is 160 cm³/mol. The van der Waals surface area contributed by atoms with E-state index in [1.165, 1.54) is 4.90 Å². The van der Waals surface area contributed by atoms with E-state index in [2.05, 4.69) is 15.6 Å². The van der Waals surface area contributed by atoms with Crippen LogP contribution in [-0.2, 0) is 27.3 Å². The predicted octanol–water partition coefficient (Wildman–Crippen LogP) is 4.91. The van der Waals surface area contributed by atoms with Crippen LogP contribution in [0.1, 0.15) is 40.3 Å². The minimum Gasteiger partial charge on any atom is -0.481 e. The van der Waals surface area contributed by atoms with Crippen molar-refractivity contribution < 1.29 is 24.2 Å². The first-order valence-electron chi connectivity index (χ1n) is 13.7. The van der Waals surface area contributed by atoms with Crippen LogP contribution < -0.4 is 16.2 Å². The van der Waals surface area contributed by atoms with Gasteiger partial charge in [0.2, 0.25) is 5.91 Å². The summed E-state index contributed by atoms with van der Waals surface area (Å²) in [5.41, 5.74) is 5.10. The van der Waals surface area contributed by atoms with E-state index in [1.807, 2.05) is 44.2 Å². The molecule has 0 saturated heterocycles. The van der Waals surface area contributed by atoms with Gasteiger partial charge in [0.1, 0.15) is 6.04 Å². The molecule has 10 heteroatoms. The fourth-order valence-corrected chi connectivity index (χ4v) is 5.36. The van der Waals surface area contributed by atoms with Gasteiger partial charge in [-0.1, -0.05) is 30.3 Å². The Bertz CT molecular complexity index is 1710. The maximum absolute atomic E-state index is 14.4. The molecule has 3 heterocycles. The molecule has 216 valence electrons. The minimum absolute atomic E-state index is 0.0283. The average molecular weight is 569 g/mol. The summed E-state index contributed by atoms with van der Waals surface area (Å²) in [5, 5.41) is 16.8. The minimum atomic E-state index is -1.03. The van der Waals surface area contributed by atoms with Gasteiger partial charge in [0.05, 0.1) is 13.0 Å². The lowest BCUT2D eigenvalue weighted by Crippen LogP contribution is -2.39. The highest BCUT2D eigenvalue weighted by Crippen LogP contribution is 2.29. The zero-order valence-corrected chi connectivity index (χ0v) is 23.4. The summed E-state index contributed by atoms with van der Waals surface area (Å²) in [6, 6.07) is 17.1. The number of benzene rings is 3. The third-order valence-electron chi connectivity index (χ3n) is 7.42. The molecule has 0 aliphatic carbocycles. The summed E-state index contributed by atoms with van der Waals surface area (Å²) >= 11 is 0. The normalized spacial score (nSPS) is 15.8. The number of ether oxygens (including phenoxy) is 1. The second-order valence-corrected chi connectivity index (χ2v) is 10.4. The number of carboxylic acid groups (broad SMARTS) is 1.